The molecule has 0 saturated heterocycles. The molecule has 1 aromatic rings. The van der Waals surface area contributed by atoms with E-state index in [1.165, 1.54) is 6.42 Å². The van der Waals surface area contributed by atoms with Gasteiger partial charge in [0.15, 0.2) is 5.92 Å². The van der Waals surface area contributed by atoms with Crippen LogP contribution in [0, 0.1) is 5.92 Å². The zero-order valence-corrected chi connectivity index (χ0v) is 14.0. The minimum Gasteiger partial charge on any atom is -0.465 e. The number of aromatic nitrogens is 2. The van der Waals surface area contributed by atoms with Crippen molar-refractivity contribution in [3.8, 4) is 0 Å². The predicted molar refractivity (Wildman–Crippen MR) is 84.7 cm³/mol. The highest BCUT2D eigenvalue weighted by atomic mass is 16.6. The molecule has 1 aliphatic rings. The third-order valence-corrected chi connectivity index (χ3v) is 4.50. The fourth-order valence-electron chi connectivity index (χ4n) is 3.41. The highest BCUT2D eigenvalue weighted by Gasteiger charge is 2.42. The SMILES string of the molecule is CCOC(=O)C(CC1(n2cccn2)CCCCC1)C(=O)OCC. The van der Waals surface area contributed by atoms with Crippen molar-refractivity contribution in [3.05, 3.63) is 18.5 Å². The number of ether oxygens (including phenoxy) is 2. The summed E-state index contributed by atoms with van der Waals surface area (Å²) in [6.45, 7) is 3.99. The molecule has 6 heteroatoms. The monoisotopic (exact) mass is 322 g/mol. The van der Waals surface area contributed by atoms with E-state index in [-0.39, 0.29) is 18.8 Å². The Balaban J connectivity index is 2.26. The standard InChI is InChI=1S/C17H26N2O4/c1-3-22-15(20)14(16(21)23-4-2)13-17(9-6-5-7-10-17)19-12-8-11-18-19/h8,11-12,14H,3-7,9-10,13H2,1-2H3. The van der Waals surface area contributed by atoms with E-state index in [1.807, 2.05) is 16.9 Å². The van der Waals surface area contributed by atoms with Crippen LogP contribution in [0.25, 0.3) is 0 Å². The van der Waals surface area contributed by atoms with Gasteiger partial charge in [0.05, 0.1) is 18.8 Å². The van der Waals surface area contributed by atoms with Gasteiger partial charge in [-0.05, 0) is 39.2 Å². The maximum absolute atomic E-state index is 12.3. The molecule has 23 heavy (non-hydrogen) atoms. The van der Waals surface area contributed by atoms with Gasteiger partial charge < -0.3 is 9.47 Å². The molecule has 128 valence electrons. The van der Waals surface area contributed by atoms with Crippen molar-refractivity contribution in [2.45, 2.75) is 57.9 Å². The molecule has 2 rings (SSSR count). The molecule has 0 spiro atoms. The largest absolute Gasteiger partial charge is 0.465 e. The van der Waals surface area contributed by atoms with Crippen LogP contribution in [0.2, 0.25) is 0 Å². The molecular weight excluding hydrogens is 296 g/mol. The second kappa shape index (κ2) is 8.13. The van der Waals surface area contributed by atoms with Gasteiger partial charge in [-0.3, -0.25) is 14.3 Å². The van der Waals surface area contributed by atoms with E-state index in [1.54, 1.807) is 20.0 Å². The Morgan fingerprint density at radius 1 is 1.13 bits per heavy atom. The first-order valence-electron chi connectivity index (χ1n) is 8.46. The molecule has 1 aliphatic carbocycles. The quantitative estimate of drug-likeness (QED) is 0.570. The highest BCUT2D eigenvalue weighted by Crippen LogP contribution is 2.40. The fraction of sp³-hybridized carbons (Fsp3) is 0.706. The summed E-state index contributed by atoms with van der Waals surface area (Å²) in [5.74, 6) is -1.89. The lowest BCUT2D eigenvalue weighted by atomic mass is 9.75. The maximum atomic E-state index is 12.3. The number of carbonyl (C=O) groups excluding carboxylic acids is 2. The Kier molecular flexibility index (Phi) is 6.19. The smallest absolute Gasteiger partial charge is 0.320 e. The number of hydrogen-bond acceptors (Lipinski definition) is 5. The molecule has 0 atom stereocenters. The lowest BCUT2D eigenvalue weighted by molar-refractivity contribution is -0.163. The average molecular weight is 322 g/mol. The van der Waals surface area contributed by atoms with Gasteiger partial charge in [0.25, 0.3) is 0 Å². The summed E-state index contributed by atoms with van der Waals surface area (Å²) in [7, 11) is 0. The number of carbonyl (C=O) groups is 2. The molecule has 0 N–H and O–H groups in total. The minimum atomic E-state index is -0.891. The van der Waals surface area contributed by atoms with Crippen molar-refractivity contribution < 1.29 is 19.1 Å². The average Bonchev–Trinajstić information content (AvgIpc) is 3.09. The Morgan fingerprint density at radius 3 is 2.22 bits per heavy atom. The van der Waals surface area contributed by atoms with Crippen LogP contribution in [-0.4, -0.2) is 34.9 Å². The number of rotatable bonds is 7. The summed E-state index contributed by atoms with van der Waals surface area (Å²) in [5, 5.41) is 4.39. The minimum absolute atomic E-state index is 0.253. The van der Waals surface area contributed by atoms with Gasteiger partial charge in [-0.2, -0.15) is 5.10 Å². The van der Waals surface area contributed by atoms with Gasteiger partial charge >= 0.3 is 11.9 Å². The van der Waals surface area contributed by atoms with Gasteiger partial charge in [-0.15, -0.1) is 0 Å². The maximum Gasteiger partial charge on any atom is 0.320 e. The highest BCUT2D eigenvalue weighted by molar-refractivity contribution is 5.95. The molecule has 0 amide bonds. The second-order valence-corrected chi connectivity index (χ2v) is 6.00. The topological polar surface area (TPSA) is 70.4 Å². The number of esters is 2. The van der Waals surface area contributed by atoms with Crippen LogP contribution >= 0.6 is 0 Å². The summed E-state index contributed by atoms with van der Waals surface area (Å²) in [6.07, 6.45) is 9.15. The van der Waals surface area contributed by atoms with Crippen LogP contribution in [0.1, 0.15) is 52.4 Å². The third kappa shape index (κ3) is 4.12. The van der Waals surface area contributed by atoms with Gasteiger partial charge in [0, 0.05) is 12.4 Å². The van der Waals surface area contributed by atoms with Crippen molar-refractivity contribution in [2.75, 3.05) is 13.2 Å². The predicted octanol–water partition coefficient (Wildman–Crippen LogP) is 2.68. The van der Waals surface area contributed by atoms with Crippen LogP contribution < -0.4 is 0 Å². The molecule has 1 heterocycles. The first-order valence-corrected chi connectivity index (χ1v) is 8.46. The van der Waals surface area contributed by atoms with E-state index >= 15 is 0 Å². The van der Waals surface area contributed by atoms with E-state index in [0.717, 1.165) is 25.7 Å². The molecule has 0 unspecified atom stereocenters. The Hall–Kier alpha value is -1.85. The third-order valence-electron chi connectivity index (χ3n) is 4.50. The van der Waals surface area contributed by atoms with Crippen molar-refractivity contribution in [1.29, 1.82) is 0 Å². The first-order chi connectivity index (χ1) is 11.1. The molecule has 0 radical (unpaired) electrons. The van der Waals surface area contributed by atoms with Crippen LogP contribution in [-0.2, 0) is 24.6 Å². The van der Waals surface area contributed by atoms with Crippen LogP contribution in [0.3, 0.4) is 0 Å². The van der Waals surface area contributed by atoms with Gasteiger partial charge in [-0.1, -0.05) is 19.3 Å². The first kappa shape index (κ1) is 17.5. The second-order valence-electron chi connectivity index (χ2n) is 6.00. The summed E-state index contributed by atoms with van der Waals surface area (Å²) in [4.78, 5) is 24.6. The fourth-order valence-corrected chi connectivity index (χ4v) is 3.41. The van der Waals surface area contributed by atoms with E-state index in [4.69, 9.17) is 9.47 Å². The van der Waals surface area contributed by atoms with Crippen LogP contribution in [0.5, 0.6) is 0 Å². The van der Waals surface area contributed by atoms with Crippen LogP contribution in [0.15, 0.2) is 18.5 Å². The summed E-state index contributed by atoms with van der Waals surface area (Å²) < 4.78 is 12.1. The summed E-state index contributed by atoms with van der Waals surface area (Å²) >= 11 is 0. The van der Waals surface area contributed by atoms with Gasteiger partial charge in [0.1, 0.15) is 0 Å². The molecule has 1 fully saturated rings. The van der Waals surface area contributed by atoms with Gasteiger partial charge in [-0.25, -0.2) is 0 Å². The van der Waals surface area contributed by atoms with Crippen LogP contribution in [0.4, 0.5) is 0 Å². The van der Waals surface area contributed by atoms with Crippen molar-refractivity contribution in [2.24, 2.45) is 5.92 Å². The van der Waals surface area contributed by atoms with Crippen molar-refractivity contribution in [3.63, 3.8) is 0 Å². The van der Waals surface area contributed by atoms with E-state index in [2.05, 4.69) is 5.10 Å². The number of hydrogen-bond donors (Lipinski definition) is 0. The van der Waals surface area contributed by atoms with E-state index in [0.29, 0.717) is 6.42 Å². The lowest BCUT2D eigenvalue weighted by Gasteiger charge is -2.39. The molecule has 0 bridgehead atoms. The van der Waals surface area contributed by atoms with E-state index in [9.17, 15) is 9.59 Å². The summed E-state index contributed by atoms with van der Waals surface area (Å²) in [6, 6.07) is 1.88. The molecule has 1 aromatic heterocycles. The Bertz CT molecular complexity index is 489. The van der Waals surface area contributed by atoms with Crippen molar-refractivity contribution in [1.82, 2.24) is 9.78 Å². The molecule has 1 saturated carbocycles. The zero-order valence-electron chi connectivity index (χ0n) is 14.0. The zero-order chi connectivity index (χ0) is 16.7. The van der Waals surface area contributed by atoms with Crippen molar-refractivity contribution >= 4 is 11.9 Å². The number of nitrogens with zero attached hydrogens (tertiary/aromatic N) is 2. The Morgan fingerprint density at radius 2 is 1.74 bits per heavy atom. The lowest BCUT2D eigenvalue weighted by Crippen LogP contribution is -2.42. The Labute approximate surface area is 137 Å². The molecular formula is C17H26N2O4. The van der Waals surface area contributed by atoms with Gasteiger partial charge in [0.2, 0.25) is 0 Å². The molecule has 0 aromatic carbocycles. The van der Waals surface area contributed by atoms with E-state index < -0.39 is 17.9 Å². The molecule has 0 aliphatic heterocycles. The molecule has 6 nitrogen and oxygen atoms in total. The summed E-state index contributed by atoms with van der Waals surface area (Å²) in [5.41, 5.74) is -0.314. The normalized spacial score (nSPS) is 17.0.